The number of furan rings is 2. The molecule has 12 rings (SSSR count). The molecule has 0 aliphatic heterocycles. The van der Waals surface area contributed by atoms with Crippen molar-refractivity contribution in [1.82, 2.24) is 0 Å². The van der Waals surface area contributed by atoms with Crippen molar-refractivity contribution in [2.24, 2.45) is 0 Å². The summed E-state index contributed by atoms with van der Waals surface area (Å²) in [5.41, 5.74) is 17.5. The lowest BCUT2D eigenvalue weighted by atomic mass is 9.67. The van der Waals surface area contributed by atoms with Gasteiger partial charge in [-0.05, 0) is 106 Å². The van der Waals surface area contributed by atoms with Crippen LogP contribution in [0.2, 0.25) is 0 Å². The first kappa shape index (κ1) is 38.3. The van der Waals surface area contributed by atoms with E-state index in [-0.39, 0.29) is 0 Å². The van der Waals surface area contributed by atoms with Crippen molar-refractivity contribution in [2.45, 2.75) is 12.3 Å². The summed E-state index contributed by atoms with van der Waals surface area (Å²) < 4.78 is 12.9. The van der Waals surface area contributed by atoms with Crippen LogP contribution < -0.4 is 4.90 Å². The number of hydrogen-bond donors (Lipinski definition) is 0. The number of nitrogens with zero attached hydrogens (tertiary/aromatic N) is 1. The van der Waals surface area contributed by atoms with Gasteiger partial charge in [0.05, 0.1) is 11.1 Å². The highest BCUT2D eigenvalue weighted by Gasteiger charge is 2.47. The molecule has 0 saturated carbocycles. The Bertz CT molecular complexity index is 3680. The summed E-state index contributed by atoms with van der Waals surface area (Å²) in [7, 11) is 0. The summed E-state index contributed by atoms with van der Waals surface area (Å²) in [6, 6.07) is 73.8. The van der Waals surface area contributed by atoms with Crippen molar-refractivity contribution in [2.75, 3.05) is 4.90 Å². The standard InChI is InChI=1S/C62H43NO2/c1-3-4-7-18-41(2)62(45-21-10-6-11-22-45)54-27-14-12-24-51(54)60-55(62)28-17-29-56(60)63(47-36-38-58-53(40-47)49-23-13-15-30-57(49)64-58)46-34-31-42(32-35-46)44-33-37-59-52(39-44)50-26-16-25-48(61(50)65-59)43-19-8-5-9-20-43/h3-40H,2H2,1H3/b4-3-,18-7-. The first-order chi connectivity index (χ1) is 32.1. The summed E-state index contributed by atoms with van der Waals surface area (Å²) in [6.07, 6.45) is 8.40. The number of allylic oxidation sites excluding steroid dienone is 5. The zero-order valence-electron chi connectivity index (χ0n) is 35.9. The van der Waals surface area contributed by atoms with E-state index in [2.05, 4.69) is 217 Å². The van der Waals surface area contributed by atoms with Crippen LogP contribution in [-0.2, 0) is 5.41 Å². The Balaban J connectivity index is 1.05. The van der Waals surface area contributed by atoms with Crippen LogP contribution in [0.25, 0.3) is 77.3 Å². The van der Waals surface area contributed by atoms with E-state index in [0.717, 1.165) is 88.8 Å². The molecule has 0 N–H and O–H groups in total. The van der Waals surface area contributed by atoms with Crippen molar-refractivity contribution >= 4 is 60.9 Å². The maximum atomic E-state index is 6.55. The quantitative estimate of drug-likeness (QED) is 0.136. The van der Waals surface area contributed by atoms with Gasteiger partial charge in [0.15, 0.2) is 0 Å². The number of benzene rings is 9. The highest BCUT2D eigenvalue weighted by Crippen LogP contribution is 2.59. The molecule has 2 aromatic heterocycles. The van der Waals surface area contributed by atoms with Crippen molar-refractivity contribution < 1.29 is 8.83 Å². The van der Waals surface area contributed by atoms with Crippen molar-refractivity contribution in [1.29, 1.82) is 0 Å². The van der Waals surface area contributed by atoms with E-state index in [1.807, 2.05) is 25.1 Å². The van der Waals surface area contributed by atoms with Crippen LogP contribution in [0.15, 0.2) is 252 Å². The maximum Gasteiger partial charge on any atom is 0.143 e. The van der Waals surface area contributed by atoms with Gasteiger partial charge in [-0.25, -0.2) is 0 Å². The Kier molecular flexibility index (Phi) is 9.10. The van der Waals surface area contributed by atoms with Gasteiger partial charge >= 0.3 is 0 Å². The van der Waals surface area contributed by atoms with Gasteiger partial charge in [0.2, 0.25) is 0 Å². The fraction of sp³-hybridized carbons (Fsp3) is 0.0323. The number of para-hydroxylation sites is 2. The molecule has 3 heteroatoms. The van der Waals surface area contributed by atoms with E-state index in [4.69, 9.17) is 15.4 Å². The van der Waals surface area contributed by atoms with Crippen LogP contribution in [0.3, 0.4) is 0 Å². The lowest BCUT2D eigenvalue weighted by molar-refractivity contribution is 0.669. The Morgan fingerprint density at radius 3 is 1.95 bits per heavy atom. The van der Waals surface area contributed by atoms with Crippen molar-refractivity contribution in [3.05, 3.63) is 259 Å². The predicted molar refractivity (Wildman–Crippen MR) is 271 cm³/mol. The Hall–Kier alpha value is -8.40. The van der Waals surface area contributed by atoms with Gasteiger partial charge in [-0.3, -0.25) is 0 Å². The first-order valence-electron chi connectivity index (χ1n) is 22.2. The molecule has 2 heterocycles. The summed E-state index contributed by atoms with van der Waals surface area (Å²) >= 11 is 0. The summed E-state index contributed by atoms with van der Waals surface area (Å²) in [6.45, 7) is 6.88. The fourth-order valence-electron chi connectivity index (χ4n) is 10.3. The van der Waals surface area contributed by atoms with Gasteiger partial charge in [-0.1, -0.05) is 183 Å². The van der Waals surface area contributed by atoms with E-state index in [0.29, 0.717) is 0 Å². The lowest BCUT2D eigenvalue weighted by Gasteiger charge is -2.34. The molecule has 11 aromatic rings. The van der Waals surface area contributed by atoms with Crippen molar-refractivity contribution in [3.63, 3.8) is 0 Å². The second kappa shape index (κ2) is 15.4. The Morgan fingerprint density at radius 2 is 1.11 bits per heavy atom. The monoisotopic (exact) mass is 833 g/mol. The van der Waals surface area contributed by atoms with Crippen LogP contribution in [0, 0.1) is 0 Å². The minimum absolute atomic E-state index is 0.626. The lowest BCUT2D eigenvalue weighted by Crippen LogP contribution is -2.28. The molecule has 1 unspecified atom stereocenters. The normalized spacial score (nSPS) is 14.5. The van der Waals surface area contributed by atoms with Gasteiger partial charge in [0.1, 0.15) is 22.3 Å². The smallest absolute Gasteiger partial charge is 0.143 e. The molecule has 0 saturated heterocycles. The second-order valence-electron chi connectivity index (χ2n) is 16.8. The van der Waals surface area contributed by atoms with Gasteiger partial charge in [0, 0.05) is 44.0 Å². The molecule has 0 fully saturated rings. The minimum Gasteiger partial charge on any atom is -0.456 e. The molecular weight excluding hydrogens is 791 g/mol. The van der Waals surface area contributed by atoms with Crippen LogP contribution in [0.4, 0.5) is 17.1 Å². The molecule has 0 bridgehead atoms. The molecule has 3 nitrogen and oxygen atoms in total. The molecule has 1 aliphatic rings. The number of hydrogen-bond acceptors (Lipinski definition) is 3. The van der Waals surface area contributed by atoms with Crippen LogP contribution >= 0.6 is 0 Å². The highest BCUT2D eigenvalue weighted by atomic mass is 16.3. The third-order valence-electron chi connectivity index (χ3n) is 13.2. The summed E-state index contributed by atoms with van der Waals surface area (Å²) in [4.78, 5) is 2.41. The first-order valence-corrected chi connectivity index (χ1v) is 22.2. The maximum absolute atomic E-state index is 6.55. The molecule has 65 heavy (non-hydrogen) atoms. The number of rotatable bonds is 9. The number of fused-ring (bicyclic) bond motifs is 9. The summed E-state index contributed by atoms with van der Waals surface area (Å²) in [5, 5.41) is 4.38. The molecule has 308 valence electrons. The third kappa shape index (κ3) is 6.04. The van der Waals surface area contributed by atoms with E-state index < -0.39 is 5.41 Å². The zero-order chi connectivity index (χ0) is 43.5. The van der Waals surface area contributed by atoms with Crippen LogP contribution in [0.5, 0.6) is 0 Å². The number of anilines is 3. The largest absolute Gasteiger partial charge is 0.456 e. The van der Waals surface area contributed by atoms with Gasteiger partial charge in [0.25, 0.3) is 0 Å². The molecule has 0 spiro atoms. The van der Waals surface area contributed by atoms with Gasteiger partial charge < -0.3 is 13.7 Å². The molecular formula is C62H43NO2. The molecule has 0 radical (unpaired) electrons. The average molecular weight is 834 g/mol. The van der Waals surface area contributed by atoms with E-state index in [1.165, 1.54) is 27.8 Å². The Morgan fingerprint density at radius 1 is 0.477 bits per heavy atom. The van der Waals surface area contributed by atoms with Crippen LogP contribution in [0.1, 0.15) is 23.6 Å². The molecule has 1 aliphatic carbocycles. The van der Waals surface area contributed by atoms with E-state index in [1.54, 1.807) is 0 Å². The van der Waals surface area contributed by atoms with Gasteiger partial charge in [-0.2, -0.15) is 0 Å². The van der Waals surface area contributed by atoms with Gasteiger partial charge in [-0.15, -0.1) is 0 Å². The molecule has 1 atom stereocenters. The predicted octanol–water partition coefficient (Wildman–Crippen LogP) is 17.3. The topological polar surface area (TPSA) is 29.5 Å². The molecule has 0 amide bonds. The minimum atomic E-state index is -0.626. The SMILES string of the molecule is C=C(/C=C\C=C/C)C1(c2ccccc2)c2ccccc2-c2c(N(c3ccc(-c4ccc5oc6c(-c7ccccc7)cccc6c5c4)cc3)c3ccc4oc5ccccc5c4c3)cccc21. The fourth-order valence-corrected chi connectivity index (χ4v) is 10.3. The average Bonchev–Trinajstić information content (AvgIpc) is 4.03. The Labute approximate surface area is 378 Å². The molecule has 9 aromatic carbocycles. The third-order valence-corrected chi connectivity index (χ3v) is 13.2. The van der Waals surface area contributed by atoms with E-state index >= 15 is 0 Å². The van der Waals surface area contributed by atoms with E-state index in [9.17, 15) is 0 Å². The van der Waals surface area contributed by atoms with Crippen molar-refractivity contribution in [3.8, 4) is 33.4 Å². The zero-order valence-corrected chi connectivity index (χ0v) is 35.9. The van der Waals surface area contributed by atoms with Crippen LogP contribution in [-0.4, -0.2) is 0 Å². The highest BCUT2D eigenvalue weighted by molar-refractivity contribution is 6.11. The summed E-state index contributed by atoms with van der Waals surface area (Å²) in [5.74, 6) is 0. The second-order valence-corrected chi connectivity index (χ2v) is 16.8.